The number of halogens is 1. The van der Waals surface area contributed by atoms with E-state index in [1.165, 1.54) is 6.07 Å². The van der Waals surface area contributed by atoms with Gasteiger partial charge in [-0.2, -0.15) is 0 Å². The lowest BCUT2D eigenvalue weighted by atomic mass is 10.2. The molecule has 2 N–H and O–H groups in total. The van der Waals surface area contributed by atoms with E-state index < -0.39 is 17.1 Å². The molecule has 15 heavy (non-hydrogen) atoms. The average Bonchev–Trinajstić information content (AvgIpc) is 2.18. The van der Waals surface area contributed by atoms with Gasteiger partial charge in [0.05, 0.1) is 12.1 Å². The van der Waals surface area contributed by atoms with E-state index in [-0.39, 0.29) is 5.56 Å². The van der Waals surface area contributed by atoms with Gasteiger partial charge in [0.15, 0.2) is 4.90 Å². The summed E-state index contributed by atoms with van der Waals surface area (Å²) in [6.45, 7) is 0.543. The predicted octanol–water partition coefficient (Wildman–Crippen LogP) is 1.68. The van der Waals surface area contributed by atoms with Gasteiger partial charge in [-0.15, -0.1) is 0 Å². The molecule has 6 heteroatoms. The number of anilines is 1. The molecule has 0 aromatic heterocycles. The van der Waals surface area contributed by atoms with E-state index in [2.05, 4.69) is 21.2 Å². The molecule has 0 amide bonds. The number of benzene rings is 1. The summed E-state index contributed by atoms with van der Waals surface area (Å²) in [6.07, 6.45) is 0. The lowest BCUT2D eigenvalue weighted by Crippen LogP contribution is -2.25. The minimum atomic E-state index is -1.11. The van der Waals surface area contributed by atoms with Crippen LogP contribution in [-0.4, -0.2) is 27.9 Å². The Bertz CT molecular complexity index is 424. The van der Waals surface area contributed by atoms with Gasteiger partial charge in [-0.1, -0.05) is 15.9 Å². The van der Waals surface area contributed by atoms with Crippen molar-refractivity contribution in [2.45, 2.75) is 4.90 Å². The monoisotopic (exact) mass is 289 g/mol. The van der Waals surface area contributed by atoms with Gasteiger partial charge in [0, 0.05) is 10.5 Å². The van der Waals surface area contributed by atoms with Crippen molar-refractivity contribution in [1.29, 1.82) is 0 Å². The van der Waals surface area contributed by atoms with E-state index in [0.29, 0.717) is 27.4 Å². The molecule has 4 nitrogen and oxygen atoms in total. The molecular formula is C9H8BrNO3S. The number of hydrogen-bond donors (Lipinski definition) is 2. The summed E-state index contributed by atoms with van der Waals surface area (Å²) in [5.41, 5.74) is 0.641. The Labute approximate surface area is 98.0 Å². The minimum absolute atomic E-state index is 0.160. The molecule has 2 rings (SSSR count). The van der Waals surface area contributed by atoms with E-state index in [4.69, 9.17) is 5.11 Å². The van der Waals surface area contributed by atoms with Crippen LogP contribution in [0.3, 0.4) is 0 Å². The Morgan fingerprint density at radius 1 is 1.60 bits per heavy atom. The first kappa shape index (κ1) is 10.8. The first-order valence-corrected chi connectivity index (χ1v) is 6.40. The molecule has 0 spiro atoms. The van der Waals surface area contributed by atoms with Gasteiger partial charge >= 0.3 is 5.97 Å². The van der Waals surface area contributed by atoms with Crippen LogP contribution in [0, 0.1) is 0 Å². The van der Waals surface area contributed by atoms with E-state index in [9.17, 15) is 9.35 Å². The standard InChI is InChI=1S/C9H8BrNO3S/c10-5-3-6(9(12)13)8-7(4-5)15(14)2-1-11-8/h3-4,11H,1-2H2,(H,12,13). The second-order valence-electron chi connectivity index (χ2n) is 3.11. The van der Waals surface area contributed by atoms with Crippen LogP contribution in [0.15, 0.2) is 21.5 Å². The lowest BCUT2D eigenvalue weighted by Gasteiger charge is -2.22. The van der Waals surface area contributed by atoms with Crippen LogP contribution in [0.1, 0.15) is 10.4 Å². The first-order chi connectivity index (χ1) is 7.09. The summed E-state index contributed by atoms with van der Waals surface area (Å²) in [4.78, 5) is 11.5. The lowest BCUT2D eigenvalue weighted by molar-refractivity contribution is 0.0697. The smallest absolute Gasteiger partial charge is 0.338 e. The summed E-state index contributed by atoms with van der Waals surface area (Å²) in [5.74, 6) is -0.498. The van der Waals surface area contributed by atoms with Crippen LogP contribution in [0.4, 0.5) is 5.69 Å². The Morgan fingerprint density at radius 2 is 2.33 bits per heavy atom. The van der Waals surface area contributed by atoms with Crippen molar-refractivity contribution < 1.29 is 14.5 Å². The third kappa shape index (κ3) is 1.97. The third-order valence-electron chi connectivity index (χ3n) is 2.13. The third-order valence-corrected chi connectivity index (χ3v) is 3.98. The normalized spacial score (nSPS) is 19.2. The Hall–Kier alpha value is -0.720. The van der Waals surface area contributed by atoms with Crippen molar-refractivity contribution in [2.75, 3.05) is 17.6 Å². The number of rotatable bonds is 1. The second-order valence-corrected chi connectivity index (χ2v) is 5.56. The van der Waals surface area contributed by atoms with Crippen molar-refractivity contribution in [3.8, 4) is 0 Å². The molecule has 0 saturated heterocycles. The van der Waals surface area contributed by atoms with Crippen molar-refractivity contribution in [3.63, 3.8) is 0 Å². The summed E-state index contributed by atoms with van der Waals surface area (Å²) in [5, 5.41) is 12.0. The largest absolute Gasteiger partial charge is 0.611 e. The highest BCUT2D eigenvalue weighted by atomic mass is 79.9. The number of carboxylic acids is 1. The zero-order chi connectivity index (χ0) is 11.0. The van der Waals surface area contributed by atoms with Gasteiger partial charge in [-0.25, -0.2) is 4.79 Å². The zero-order valence-corrected chi connectivity index (χ0v) is 10.0. The van der Waals surface area contributed by atoms with Gasteiger partial charge < -0.3 is 15.0 Å². The first-order valence-electron chi connectivity index (χ1n) is 4.28. The Balaban J connectivity index is 2.62. The van der Waals surface area contributed by atoms with Gasteiger partial charge in [0.1, 0.15) is 11.4 Å². The maximum absolute atomic E-state index is 11.7. The van der Waals surface area contributed by atoms with Gasteiger partial charge in [-0.3, -0.25) is 0 Å². The molecule has 1 aliphatic heterocycles. The quantitative estimate of drug-likeness (QED) is 0.772. The fourth-order valence-corrected chi connectivity index (χ4v) is 3.28. The Morgan fingerprint density at radius 3 is 3.00 bits per heavy atom. The van der Waals surface area contributed by atoms with Gasteiger partial charge in [0.25, 0.3) is 0 Å². The average molecular weight is 290 g/mol. The highest BCUT2D eigenvalue weighted by molar-refractivity contribution is 9.10. The number of hydrogen-bond acceptors (Lipinski definition) is 3. The summed E-state index contributed by atoms with van der Waals surface area (Å²) in [6, 6.07) is 3.21. The SMILES string of the molecule is O=C(O)c1cc(Br)cc2c1NCC[S+]2[O-]. The van der Waals surface area contributed by atoms with Crippen molar-refractivity contribution in [2.24, 2.45) is 0 Å². The molecule has 0 saturated carbocycles. The summed E-state index contributed by atoms with van der Waals surface area (Å²) >= 11 is 2.10. The molecule has 0 fully saturated rings. The minimum Gasteiger partial charge on any atom is -0.611 e. The van der Waals surface area contributed by atoms with Gasteiger partial charge in [0.2, 0.25) is 0 Å². The highest BCUT2D eigenvalue weighted by Gasteiger charge is 2.27. The van der Waals surface area contributed by atoms with E-state index in [1.54, 1.807) is 6.07 Å². The molecular weight excluding hydrogens is 282 g/mol. The fourth-order valence-electron chi connectivity index (χ4n) is 1.49. The number of nitrogens with one attached hydrogen (secondary N) is 1. The number of carbonyl (C=O) groups is 1. The fraction of sp³-hybridized carbons (Fsp3) is 0.222. The van der Waals surface area contributed by atoms with Crippen LogP contribution < -0.4 is 5.32 Å². The molecule has 0 radical (unpaired) electrons. The molecule has 1 unspecified atom stereocenters. The molecule has 80 valence electrons. The number of fused-ring (bicyclic) bond motifs is 1. The maximum Gasteiger partial charge on any atom is 0.338 e. The van der Waals surface area contributed by atoms with E-state index in [0.717, 1.165) is 0 Å². The van der Waals surface area contributed by atoms with E-state index >= 15 is 0 Å². The van der Waals surface area contributed by atoms with Crippen molar-refractivity contribution in [3.05, 3.63) is 22.2 Å². The highest BCUT2D eigenvalue weighted by Crippen LogP contribution is 2.32. The van der Waals surface area contributed by atoms with Crippen LogP contribution >= 0.6 is 15.9 Å². The van der Waals surface area contributed by atoms with Crippen molar-refractivity contribution in [1.82, 2.24) is 0 Å². The summed E-state index contributed by atoms with van der Waals surface area (Å²) in [7, 11) is 0. The Kier molecular flexibility index (Phi) is 2.90. The molecule has 1 aromatic rings. The topological polar surface area (TPSA) is 72.4 Å². The molecule has 1 heterocycles. The second kappa shape index (κ2) is 4.03. The van der Waals surface area contributed by atoms with Crippen LogP contribution in [0.5, 0.6) is 0 Å². The van der Waals surface area contributed by atoms with E-state index in [1.807, 2.05) is 0 Å². The maximum atomic E-state index is 11.7. The van der Waals surface area contributed by atoms with Crippen LogP contribution in [0.25, 0.3) is 0 Å². The summed E-state index contributed by atoms with van der Waals surface area (Å²) < 4.78 is 12.3. The van der Waals surface area contributed by atoms with Crippen molar-refractivity contribution >= 4 is 38.8 Å². The molecule has 1 aliphatic rings. The molecule has 1 aromatic carbocycles. The van der Waals surface area contributed by atoms with Crippen LogP contribution in [-0.2, 0) is 11.2 Å². The molecule has 0 aliphatic carbocycles. The number of carboxylic acid groups (broad SMARTS) is 1. The van der Waals surface area contributed by atoms with Crippen LogP contribution in [0.2, 0.25) is 0 Å². The zero-order valence-electron chi connectivity index (χ0n) is 7.62. The molecule has 1 atom stereocenters. The number of aromatic carboxylic acids is 1. The predicted molar refractivity (Wildman–Crippen MR) is 60.9 cm³/mol. The van der Waals surface area contributed by atoms with Gasteiger partial charge in [-0.05, 0) is 17.2 Å². The molecule has 0 bridgehead atoms.